The van der Waals surface area contributed by atoms with Gasteiger partial charge in [-0.05, 0) is 57.8 Å². The van der Waals surface area contributed by atoms with E-state index in [-0.39, 0.29) is 0 Å². The fraction of sp³-hybridized carbons (Fsp3) is 0.833. The number of allylic oxidation sites excluding steroid dienone is 3. The molecule has 0 fully saturated rings. The van der Waals surface area contributed by atoms with E-state index in [0.717, 1.165) is 51.4 Å². The predicted molar refractivity (Wildman–Crippen MR) is 177 cm³/mol. The van der Waals surface area contributed by atoms with Gasteiger partial charge in [0.1, 0.15) is 0 Å². The second kappa shape index (κ2) is 39.3. The molecule has 0 aromatic heterocycles. The number of aliphatic carboxylic acids is 2. The first-order chi connectivity index (χ1) is 20.5. The third-order valence-electron chi connectivity index (χ3n) is 7.50. The SMILES string of the molecule is O=C(O)C=CCCCCCCCCCCCCCCCO.O=C(O)CCCCCCCC=CCCCCCCCCO. The maximum Gasteiger partial charge on any atom is 0.327 e. The molecule has 0 saturated carbocycles. The van der Waals surface area contributed by atoms with Crippen molar-refractivity contribution in [3.05, 3.63) is 24.3 Å². The molecule has 0 spiro atoms. The lowest BCUT2D eigenvalue weighted by molar-refractivity contribution is -0.137. The van der Waals surface area contributed by atoms with E-state index < -0.39 is 11.9 Å². The highest BCUT2D eigenvalue weighted by molar-refractivity contribution is 5.79. The molecule has 0 aliphatic heterocycles. The summed E-state index contributed by atoms with van der Waals surface area (Å²) in [5.41, 5.74) is 0. The number of aliphatic hydroxyl groups is 2. The Hall–Kier alpha value is -1.66. The van der Waals surface area contributed by atoms with E-state index in [4.69, 9.17) is 20.4 Å². The second-order valence-corrected chi connectivity index (χ2v) is 11.7. The van der Waals surface area contributed by atoms with Crippen molar-refractivity contribution in [3.63, 3.8) is 0 Å². The molecule has 0 unspecified atom stereocenters. The van der Waals surface area contributed by atoms with Crippen molar-refractivity contribution < 1.29 is 30.0 Å². The summed E-state index contributed by atoms with van der Waals surface area (Å²) < 4.78 is 0. The van der Waals surface area contributed by atoms with Crippen LogP contribution in [0.1, 0.15) is 180 Å². The van der Waals surface area contributed by atoms with E-state index in [2.05, 4.69) is 12.2 Å². The summed E-state index contributed by atoms with van der Waals surface area (Å²) in [5, 5.41) is 34.3. The van der Waals surface area contributed by atoms with Crippen molar-refractivity contribution in [1.29, 1.82) is 0 Å². The largest absolute Gasteiger partial charge is 0.481 e. The summed E-state index contributed by atoms with van der Waals surface area (Å²) >= 11 is 0. The van der Waals surface area contributed by atoms with Crippen LogP contribution >= 0.6 is 0 Å². The van der Waals surface area contributed by atoms with Crippen molar-refractivity contribution in [2.75, 3.05) is 13.2 Å². The summed E-state index contributed by atoms with van der Waals surface area (Å²) in [6.45, 7) is 0.679. The van der Waals surface area contributed by atoms with Gasteiger partial charge in [0.15, 0.2) is 0 Å². The minimum Gasteiger partial charge on any atom is -0.481 e. The number of hydrogen-bond donors (Lipinski definition) is 4. The van der Waals surface area contributed by atoms with Crippen LogP contribution in [0.25, 0.3) is 0 Å². The number of aliphatic hydroxyl groups excluding tert-OH is 2. The van der Waals surface area contributed by atoms with Crippen LogP contribution in [-0.2, 0) is 9.59 Å². The topological polar surface area (TPSA) is 115 Å². The maximum atomic E-state index is 10.3. The molecule has 0 saturated heterocycles. The van der Waals surface area contributed by atoms with Crippen molar-refractivity contribution in [2.24, 2.45) is 0 Å². The fourth-order valence-electron chi connectivity index (χ4n) is 4.89. The second-order valence-electron chi connectivity index (χ2n) is 11.7. The van der Waals surface area contributed by atoms with E-state index in [0.29, 0.717) is 19.6 Å². The lowest BCUT2D eigenvalue weighted by Crippen LogP contribution is -1.93. The Bertz CT molecular complexity index is 602. The Morgan fingerprint density at radius 3 is 0.976 bits per heavy atom. The Kier molecular flexibility index (Phi) is 39.8. The molecule has 0 heterocycles. The van der Waals surface area contributed by atoms with Gasteiger partial charge in [0.2, 0.25) is 0 Å². The van der Waals surface area contributed by atoms with Crippen LogP contribution in [0, 0.1) is 0 Å². The lowest BCUT2D eigenvalue weighted by atomic mass is 10.0. The first-order valence-electron chi connectivity index (χ1n) is 17.5. The van der Waals surface area contributed by atoms with Gasteiger partial charge in [-0.2, -0.15) is 0 Å². The summed E-state index contributed by atoms with van der Waals surface area (Å²) in [7, 11) is 0. The first-order valence-corrected chi connectivity index (χ1v) is 17.5. The zero-order valence-corrected chi connectivity index (χ0v) is 27.1. The van der Waals surface area contributed by atoms with Crippen molar-refractivity contribution in [3.8, 4) is 0 Å². The monoisotopic (exact) mass is 597 g/mol. The van der Waals surface area contributed by atoms with Gasteiger partial charge in [-0.15, -0.1) is 0 Å². The lowest BCUT2D eigenvalue weighted by Gasteiger charge is -2.02. The number of carboxylic acid groups (broad SMARTS) is 2. The molecule has 0 aliphatic carbocycles. The quantitative estimate of drug-likeness (QED) is 0.0349. The van der Waals surface area contributed by atoms with E-state index in [1.165, 1.54) is 128 Å². The van der Waals surface area contributed by atoms with Crippen molar-refractivity contribution in [2.45, 2.75) is 180 Å². The molecule has 0 radical (unpaired) electrons. The van der Waals surface area contributed by atoms with Crippen LogP contribution in [0.2, 0.25) is 0 Å². The van der Waals surface area contributed by atoms with Gasteiger partial charge < -0.3 is 20.4 Å². The molecule has 0 amide bonds. The van der Waals surface area contributed by atoms with Gasteiger partial charge in [-0.1, -0.05) is 134 Å². The summed E-state index contributed by atoms with van der Waals surface area (Å²) in [5.74, 6) is -1.52. The number of rotatable bonds is 32. The van der Waals surface area contributed by atoms with E-state index in [1.54, 1.807) is 6.08 Å². The zero-order chi connectivity index (χ0) is 31.2. The van der Waals surface area contributed by atoms with Crippen LogP contribution in [0.15, 0.2) is 24.3 Å². The predicted octanol–water partition coefficient (Wildman–Crippen LogP) is 10.2. The van der Waals surface area contributed by atoms with Gasteiger partial charge in [0.05, 0.1) is 0 Å². The zero-order valence-electron chi connectivity index (χ0n) is 27.1. The number of hydrogen-bond acceptors (Lipinski definition) is 4. The third kappa shape index (κ3) is 45.3. The van der Waals surface area contributed by atoms with Gasteiger partial charge in [0.25, 0.3) is 0 Å². The first kappa shape index (κ1) is 42.5. The smallest absolute Gasteiger partial charge is 0.327 e. The van der Waals surface area contributed by atoms with Crippen molar-refractivity contribution in [1.82, 2.24) is 0 Å². The number of carboxylic acids is 2. The Morgan fingerprint density at radius 2 is 0.667 bits per heavy atom. The van der Waals surface area contributed by atoms with E-state index >= 15 is 0 Å². The third-order valence-corrected chi connectivity index (χ3v) is 7.50. The highest BCUT2D eigenvalue weighted by atomic mass is 16.4. The van der Waals surface area contributed by atoms with Crippen molar-refractivity contribution >= 4 is 11.9 Å². The average Bonchev–Trinajstić information content (AvgIpc) is 2.97. The molecule has 4 N–H and O–H groups in total. The Balaban J connectivity index is 0. The van der Waals surface area contributed by atoms with E-state index in [9.17, 15) is 9.59 Å². The highest BCUT2D eigenvalue weighted by Crippen LogP contribution is 2.13. The molecule has 0 rings (SSSR count). The normalized spacial score (nSPS) is 11.3. The van der Waals surface area contributed by atoms with Gasteiger partial charge >= 0.3 is 11.9 Å². The van der Waals surface area contributed by atoms with Gasteiger partial charge in [0, 0.05) is 25.7 Å². The number of unbranched alkanes of at least 4 members (excludes halogenated alkanes) is 24. The minimum atomic E-state index is -0.844. The molecule has 6 nitrogen and oxygen atoms in total. The molecule has 0 aromatic rings. The molecule has 0 aromatic carbocycles. The van der Waals surface area contributed by atoms with Crippen LogP contribution < -0.4 is 0 Å². The summed E-state index contributed by atoms with van der Waals surface area (Å²) in [4.78, 5) is 20.6. The van der Waals surface area contributed by atoms with Crippen LogP contribution in [-0.4, -0.2) is 45.6 Å². The molecule has 0 aliphatic rings. The minimum absolute atomic E-state index is 0.319. The van der Waals surface area contributed by atoms with Crippen LogP contribution in [0.4, 0.5) is 0 Å². The standard InChI is InChI=1S/2C18H34O3/c2*19-17-15-13-11-9-7-5-3-1-2-4-6-8-10-12-14-16-18(20)21/h14,16,19H,1-13,15,17H2,(H,20,21);1-2,19H,3-17H2,(H,20,21). The average molecular weight is 597 g/mol. The molecule has 0 bridgehead atoms. The summed E-state index contributed by atoms with van der Waals surface area (Å²) in [6, 6.07) is 0. The Labute approximate surface area is 259 Å². The maximum absolute atomic E-state index is 10.3. The van der Waals surface area contributed by atoms with Gasteiger partial charge in [-0.25, -0.2) is 4.79 Å². The Morgan fingerprint density at radius 1 is 0.381 bits per heavy atom. The molecule has 6 heteroatoms. The van der Waals surface area contributed by atoms with E-state index in [1.807, 2.05) is 0 Å². The molecular formula is C36H68O6. The molecular weight excluding hydrogens is 528 g/mol. The highest BCUT2D eigenvalue weighted by Gasteiger charge is 1.96. The van der Waals surface area contributed by atoms with Crippen LogP contribution in [0.3, 0.4) is 0 Å². The molecule has 0 atom stereocenters. The molecule has 248 valence electrons. The van der Waals surface area contributed by atoms with Gasteiger partial charge in [-0.3, -0.25) is 4.79 Å². The number of carbonyl (C=O) groups is 2. The summed E-state index contributed by atoms with van der Waals surface area (Å²) in [6.07, 6.45) is 40.3. The van der Waals surface area contributed by atoms with Crippen LogP contribution in [0.5, 0.6) is 0 Å². The molecule has 42 heavy (non-hydrogen) atoms. The fourth-order valence-corrected chi connectivity index (χ4v) is 4.89.